The number of nitrogens with one attached hydrogen (secondary N) is 1. The Morgan fingerprint density at radius 1 is 1.25 bits per heavy atom. The zero-order valence-electron chi connectivity index (χ0n) is 12.8. The summed E-state index contributed by atoms with van der Waals surface area (Å²) < 4.78 is 0. The van der Waals surface area contributed by atoms with Gasteiger partial charge in [-0.1, -0.05) is 0 Å². The van der Waals surface area contributed by atoms with Crippen molar-refractivity contribution in [2.24, 2.45) is 5.92 Å². The van der Waals surface area contributed by atoms with Crippen molar-refractivity contribution in [3.63, 3.8) is 0 Å². The van der Waals surface area contributed by atoms with Gasteiger partial charge in [0.2, 0.25) is 5.95 Å². The molecular formula is C15H26N4O. The van der Waals surface area contributed by atoms with E-state index in [1.807, 2.05) is 12.4 Å². The Balaban J connectivity index is 1.88. The summed E-state index contributed by atoms with van der Waals surface area (Å²) in [6.45, 7) is 9.40. The second kappa shape index (κ2) is 6.50. The lowest BCUT2D eigenvalue weighted by Gasteiger charge is -2.31. The number of hydrogen-bond donors (Lipinski definition) is 2. The lowest BCUT2D eigenvalue weighted by molar-refractivity contribution is 0.202. The van der Waals surface area contributed by atoms with Crippen molar-refractivity contribution in [3.05, 3.63) is 18.0 Å². The Kier molecular flexibility index (Phi) is 4.94. The predicted molar refractivity (Wildman–Crippen MR) is 80.6 cm³/mol. The van der Waals surface area contributed by atoms with Gasteiger partial charge in [0.15, 0.2) is 0 Å². The van der Waals surface area contributed by atoms with Gasteiger partial charge in [-0.05, 0) is 39.5 Å². The molecule has 1 aliphatic rings. The van der Waals surface area contributed by atoms with Crippen molar-refractivity contribution in [3.8, 4) is 0 Å². The minimum Gasteiger partial charge on any atom is -0.396 e. The first-order valence-electron chi connectivity index (χ1n) is 7.40. The predicted octanol–water partition coefficient (Wildman–Crippen LogP) is 1.57. The third kappa shape index (κ3) is 4.42. The van der Waals surface area contributed by atoms with Crippen LogP contribution < -0.4 is 10.2 Å². The average molecular weight is 278 g/mol. The summed E-state index contributed by atoms with van der Waals surface area (Å²) in [5.74, 6) is 1.25. The van der Waals surface area contributed by atoms with Gasteiger partial charge >= 0.3 is 0 Å². The van der Waals surface area contributed by atoms with E-state index in [4.69, 9.17) is 5.11 Å². The van der Waals surface area contributed by atoms with Gasteiger partial charge in [0.25, 0.3) is 0 Å². The molecule has 0 bridgehead atoms. The van der Waals surface area contributed by atoms with E-state index in [0.29, 0.717) is 12.5 Å². The minimum absolute atomic E-state index is 0.102. The van der Waals surface area contributed by atoms with Crippen molar-refractivity contribution >= 4 is 5.95 Å². The molecule has 0 amide bonds. The summed E-state index contributed by atoms with van der Waals surface area (Å²) in [6.07, 6.45) is 5.85. The molecule has 2 rings (SSSR count). The van der Waals surface area contributed by atoms with Crippen LogP contribution in [0.15, 0.2) is 12.4 Å². The molecular weight excluding hydrogens is 252 g/mol. The zero-order chi connectivity index (χ0) is 14.6. The smallest absolute Gasteiger partial charge is 0.225 e. The highest BCUT2D eigenvalue weighted by Gasteiger charge is 2.20. The van der Waals surface area contributed by atoms with E-state index in [-0.39, 0.29) is 5.54 Å². The molecule has 1 aromatic rings. The van der Waals surface area contributed by atoms with Gasteiger partial charge < -0.3 is 15.3 Å². The van der Waals surface area contributed by atoms with Crippen LogP contribution in [0.5, 0.6) is 0 Å². The first-order chi connectivity index (χ1) is 9.48. The largest absolute Gasteiger partial charge is 0.396 e. The number of piperidine rings is 1. The summed E-state index contributed by atoms with van der Waals surface area (Å²) in [5.41, 5.74) is 1.21. The molecule has 0 unspecified atom stereocenters. The Morgan fingerprint density at radius 2 is 1.85 bits per heavy atom. The second-order valence-corrected chi connectivity index (χ2v) is 6.61. The fourth-order valence-corrected chi connectivity index (χ4v) is 2.29. The van der Waals surface area contributed by atoms with Crippen molar-refractivity contribution in [2.75, 3.05) is 24.6 Å². The normalized spacial score (nSPS) is 17.5. The highest BCUT2D eigenvalue weighted by Crippen LogP contribution is 2.19. The Hall–Kier alpha value is -1.20. The molecule has 112 valence electrons. The van der Waals surface area contributed by atoms with E-state index in [9.17, 15) is 0 Å². The van der Waals surface area contributed by atoms with E-state index >= 15 is 0 Å². The topological polar surface area (TPSA) is 61.3 Å². The summed E-state index contributed by atoms with van der Waals surface area (Å²) >= 11 is 0. The zero-order valence-corrected chi connectivity index (χ0v) is 12.8. The maximum atomic E-state index is 9.15. The fraction of sp³-hybridized carbons (Fsp3) is 0.733. The molecule has 0 atom stereocenters. The van der Waals surface area contributed by atoms with Crippen molar-refractivity contribution in [1.82, 2.24) is 15.3 Å². The maximum absolute atomic E-state index is 9.15. The number of aromatic nitrogens is 2. The summed E-state index contributed by atoms with van der Waals surface area (Å²) in [7, 11) is 0. The van der Waals surface area contributed by atoms with E-state index in [1.54, 1.807) is 0 Å². The van der Waals surface area contributed by atoms with Crippen LogP contribution in [-0.2, 0) is 6.54 Å². The summed E-state index contributed by atoms with van der Waals surface area (Å²) in [6, 6.07) is 0. The van der Waals surface area contributed by atoms with Crippen molar-refractivity contribution < 1.29 is 5.11 Å². The molecule has 0 saturated carbocycles. The molecule has 0 aliphatic carbocycles. The molecule has 5 nitrogen and oxygen atoms in total. The van der Waals surface area contributed by atoms with Crippen LogP contribution in [0.2, 0.25) is 0 Å². The van der Waals surface area contributed by atoms with Gasteiger partial charge in [0, 0.05) is 49.7 Å². The van der Waals surface area contributed by atoms with Gasteiger partial charge in [-0.15, -0.1) is 0 Å². The molecule has 0 spiro atoms. The number of rotatable bonds is 4. The number of anilines is 1. The standard InChI is InChI=1S/C15H26N4O/c1-15(2,3)18-10-13-8-16-14(17-9-13)19-6-4-12(11-20)5-7-19/h8-9,12,18,20H,4-7,10-11H2,1-3H3. The summed E-state index contributed by atoms with van der Waals surface area (Å²) in [4.78, 5) is 11.1. The average Bonchev–Trinajstić information content (AvgIpc) is 2.45. The van der Waals surface area contributed by atoms with Gasteiger partial charge in [0.05, 0.1) is 0 Å². The van der Waals surface area contributed by atoms with Crippen LogP contribution in [0.4, 0.5) is 5.95 Å². The highest BCUT2D eigenvalue weighted by molar-refractivity contribution is 5.30. The molecule has 1 aromatic heterocycles. The van der Waals surface area contributed by atoms with Crippen LogP contribution in [-0.4, -0.2) is 40.3 Å². The maximum Gasteiger partial charge on any atom is 0.225 e. The Bertz CT molecular complexity index is 405. The molecule has 1 aliphatic heterocycles. The van der Waals surface area contributed by atoms with Gasteiger partial charge in [0.1, 0.15) is 0 Å². The van der Waals surface area contributed by atoms with E-state index in [1.165, 1.54) is 0 Å². The first-order valence-corrected chi connectivity index (χ1v) is 7.40. The monoisotopic (exact) mass is 278 g/mol. The third-order valence-electron chi connectivity index (χ3n) is 3.67. The molecule has 2 heterocycles. The Labute approximate surface area is 121 Å². The Morgan fingerprint density at radius 3 is 2.35 bits per heavy atom. The number of aliphatic hydroxyl groups is 1. The number of nitrogens with zero attached hydrogens (tertiary/aromatic N) is 3. The molecule has 0 aromatic carbocycles. The van der Waals surface area contributed by atoms with E-state index < -0.39 is 0 Å². The fourth-order valence-electron chi connectivity index (χ4n) is 2.29. The highest BCUT2D eigenvalue weighted by atomic mass is 16.3. The van der Waals surface area contributed by atoms with Crippen molar-refractivity contribution in [2.45, 2.75) is 45.7 Å². The lowest BCUT2D eigenvalue weighted by Crippen LogP contribution is -2.36. The lowest BCUT2D eigenvalue weighted by atomic mass is 9.98. The third-order valence-corrected chi connectivity index (χ3v) is 3.67. The number of aliphatic hydroxyl groups excluding tert-OH is 1. The second-order valence-electron chi connectivity index (χ2n) is 6.61. The molecule has 1 saturated heterocycles. The van der Waals surface area contributed by atoms with E-state index in [2.05, 4.69) is 41.0 Å². The van der Waals surface area contributed by atoms with Gasteiger partial charge in [-0.25, -0.2) is 9.97 Å². The van der Waals surface area contributed by atoms with Gasteiger partial charge in [-0.3, -0.25) is 0 Å². The quantitative estimate of drug-likeness (QED) is 0.875. The molecule has 0 radical (unpaired) electrons. The number of hydrogen-bond acceptors (Lipinski definition) is 5. The van der Waals surface area contributed by atoms with Crippen LogP contribution in [0, 0.1) is 5.92 Å². The molecule has 2 N–H and O–H groups in total. The molecule has 5 heteroatoms. The first kappa shape index (κ1) is 15.2. The van der Waals surface area contributed by atoms with E-state index in [0.717, 1.165) is 44.0 Å². The van der Waals surface area contributed by atoms with Crippen LogP contribution >= 0.6 is 0 Å². The minimum atomic E-state index is 0.102. The van der Waals surface area contributed by atoms with Crippen LogP contribution in [0.1, 0.15) is 39.2 Å². The molecule has 20 heavy (non-hydrogen) atoms. The molecule has 1 fully saturated rings. The van der Waals surface area contributed by atoms with Gasteiger partial charge in [-0.2, -0.15) is 0 Å². The van der Waals surface area contributed by atoms with Crippen LogP contribution in [0.25, 0.3) is 0 Å². The van der Waals surface area contributed by atoms with Crippen LogP contribution in [0.3, 0.4) is 0 Å². The summed E-state index contributed by atoms with van der Waals surface area (Å²) in [5, 5.41) is 12.6. The SMILES string of the molecule is CC(C)(C)NCc1cnc(N2CCC(CO)CC2)nc1. The van der Waals surface area contributed by atoms with Crippen molar-refractivity contribution in [1.29, 1.82) is 0 Å².